The maximum atomic E-state index is 4.48. The van der Waals surface area contributed by atoms with E-state index in [1.807, 2.05) is 7.05 Å². The minimum Gasteiger partial charge on any atom is -0.356 e. The summed E-state index contributed by atoms with van der Waals surface area (Å²) in [7, 11) is 1.89. The van der Waals surface area contributed by atoms with Gasteiger partial charge in [-0.1, -0.05) is 37.3 Å². The van der Waals surface area contributed by atoms with Gasteiger partial charge in [0.25, 0.3) is 0 Å². The van der Waals surface area contributed by atoms with Gasteiger partial charge in [-0.05, 0) is 57.2 Å². The molecule has 0 radical (unpaired) electrons. The highest BCUT2D eigenvalue weighted by Gasteiger charge is 2.26. The summed E-state index contributed by atoms with van der Waals surface area (Å²) < 4.78 is 0. The Morgan fingerprint density at radius 1 is 1.18 bits per heavy atom. The summed E-state index contributed by atoms with van der Waals surface area (Å²) in [6.07, 6.45) is 4.99. The van der Waals surface area contributed by atoms with Gasteiger partial charge in [0.2, 0.25) is 0 Å². The molecule has 2 saturated heterocycles. The van der Waals surface area contributed by atoms with E-state index >= 15 is 0 Å². The van der Waals surface area contributed by atoms with Crippen LogP contribution in [0.25, 0.3) is 0 Å². The second-order valence-electron chi connectivity index (χ2n) is 8.53. The van der Waals surface area contributed by atoms with Crippen molar-refractivity contribution < 1.29 is 0 Å². The number of rotatable bonds is 6. The van der Waals surface area contributed by atoms with Crippen molar-refractivity contribution in [1.82, 2.24) is 20.4 Å². The number of hydrogen-bond donors (Lipinski definition) is 2. The summed E-state index contributed by atoms with van der Waals surface area (Å²) in [5.41, 5.74) is 1.41. The Balaban J connectivity index is 1.42. The minimum absolute atomic E-state index is 0.506. The molecule has 2 heterocycles. The largest absolute Gasteiger partial charge is 0.356 e. The molecule has 2 aliphatic heterocycles. The molecule has 3 atom stereocenters. The molecule has 2 aliphatic rings. The number of nitrogens with one attached hydrogen (secondary N) is 2. The van der Waals surface area contributed by atoms with Gasteiger partial charge >= 0.3 is 0 Å². The quantitative estimate of drug-likeness (QED) is 0.584. The van der Waals surface area contributed by atoms with Gasteiger partial charge in [0, 0.05) is 45.3 Å². The summed E-state index contributed by atoms with van der Waals surface area (Å²) in [5, 5.41) is 7.28. The second-order valence-corrected chi connectivity index (χ2v) is 8.53. The lowest BCUT2D eigenvalue weighted by molar-refractivity contribution is 0.134. The van der Waals surface area contributed by atoms with Crippen LogP contribution in [0, 0.1) is 5.92 Å². The molecule has 0 spiro atoms. The summed E-state index contributed by atoms with van der Waals surface area (Å²) >= 11 is 0. The average molecular weight is 386 g/mol. The molecule has 5 nitrogen and oxygen atoms in total. The fourth-order valence-electron chi connectivity index (χ4n) is 4.64. The third-order valence-electron chi connectivity index (χ3n) is 6.42. The summed E-state index contributed by atoms with van der Waals surface area (Å²) in [6.45, 7) is 11.5. The molecule has 1 aromatic carbocycles. The average Bonchev–Trinajstić information content (AvgIpc) is 2.74. The van der Waals surface area contributed by atoms with E-state index in [-0.39, 0.29) is 0 Å². The van der Waals surface area contributed by atoms with Gasteiger partial charge in [0.15, 0.2) is 5.96 Å². The minimum atomic E-state index is 0.506. The van der Waals surface area contributed by atoms with Crippen LogP contribution in [0.15, 0.2) is 35.3 Å². The first-order chi connectivity index (χ1) is 13.7. The number of nitrogens with zero attached hydrogens (tertiary/aromatic N) is 3. The van der Waals surface area contributed by atoms with Crippen LogP contribution in [-0.4, -0.2) is 67.6 Å². The molecule has 0 saturated carbocycles. The fraction of sp³-hybridized carbons (Fsp3) is 0.696. The molecule has 2 N–H and O–H groups in total. The normalized spacial score (nSPS) is 27.5. The Bertz CT molecular complexity index is 602. The van der Waals surface area contributed by atoms with E-state index < -0.39 is 0 Å². The number of guanidine groups is 1. The van der Waals surface area contributed by atoms with Crippen molar-refractivity contribution in [3.8, 4) is 0 Å². The Morgan fingerprint density at radius 2 is 2.00 bits per heavy atom. The number of benzene rings is 1. The van der Waals surface area contributed by atoms with E-state index in [2.05, 4.69) is 69.6 Å². The van der Waals surface area contributed by atoms with Crippen molar-refractivity contribution in [3.63, 3.8) is 0 Å². The lowest BCUT2D eigenvalue weighted by atomic mass is 9.97. The van der Waals surface area contributed by atoms with E-state index in [0.29, 0.717) is 12.1 Å². The molecule has 1 aromatic rings. The molecule has 28 heavy (non-hydrogen) atoms. The molecular weight excluding hydrogens is 346 g/mol. The van der Waals surface area contributed by atoms with Crippen molar-refractivity contribution in [1.29, 1.82) is 0 Å². The highest BCUT2D eigenvalue weighted by atomic mass is 15.2. The Morgan fingerprint density at radius 3 is 2.71 bits per heavy atom. The smallest absolute Gasteiger partial charge is 0.191 e. The summed E-state index contributed by atoms with van der Waals surface area (Å²) in [5.74, 6) is 1.71. The third-order valence-corrected chi connectivity index (χ3v) is 6.42. The standard InChI is InChI=1S/C23H39N5/c1-4-27-13-8-11-21(17-27)16-25-23(24-3)26-22-12-14-28(19(2)15-22)18-20-9-6-5-7-10-20/h5-7,9-10,19,21-22H,4,8,11-18H2,1-3H3,(H2,24,25,26). The highest BCUT2D eigenvalue weighted by Crippen LogP contribution is 2.20. The maximum Gasteiger partial charge on any atom is 0.191 e. The first-order valence-electron chi connectivity index (χ1n) is 11.2. The predicted octanol–water partition coefficient (Wildman–Crippen LogP) is 2.94. The molecule has 5 heteroatoms. The summed E-state index contributed by atoms with van der Waals surface area (Å²) in [6, 6.07) is 11.9. The first kappa shape index (κ1) is 21.1. The lowest BCUT2D eigenvalue weighted by Crippen LogP contribution is -2.52. The van der Waals surface area contributed by atoms with Crippen LogP contribution in [0.1, 0.15) is 45.1 Å². The van der Waals surface area contributed by atoms with E-state index in [4.69, 9.17) is 0 Å². The van der Waals surface area contributed by atoms with Crippen molar-refractivity contribution >= 4 is 5.96 Å². The topological polar surface area (TPSA) is 42.9 Å². The van der Waals surface area contributed by atoms with Gasteiger partial charge in [-0.3, -0.25) is 9.89 Å². The van der Waals surface area contributed by atoms with Gasteiger partial charge < -0.3 is 15.5 Å². The zero-order valence-electron chi connectivity index (χ0n) is 18.0. The van der Waals surface area contributed by atoms with Crippen LogP contribution in [-0.2, 0) is 6.54 Å². The molecular formula is C23H39N5. The monoisotopic (exact) mass is 385 g/mol. The molecule has 0 amide bonds. The van der Waals surface area contributed by atoms with Crippen molar-refractivity contribution in [2.75, 3.05) is 39.8 Å². The molecule has 0 bridgehead atoms. The van der Waals surface area contributed by atoms with Crippen molar-refractivity contribution in [2.45, 2.75) is 58.2 Å². The number of hydrogen-bond acceptors (Lipinski definition) is 3. The van der Waals surface area contributed by atoms with E-state index in [0.717, 1.165) is 31.5 Å². The van der Waals surface area contributed by atoms with Crippen molar-refractivity contribution in [3.05, 3.63) is 35.9 Å². The van der Waals surface area contributed by atoms with Gasteiger partial charge in [0.05, 0.1) is 0 Å². The molecule has 156 valence electrons. The summed E-state index contributed by atoms with van der Waals surface area (Å²) in [4.78, 5) is 9.65. The number of likely N-dealkylation sites (tertiary alicyclic amines) is 2. The number of aliphatic imine (C=N–C) groups is 1. The van der Waals surface area contributed by atoms with Crippen LogP contribution >= 0.6 is 0 Å². The Labute approximate surface area is 171 Å². The molecule has 3 rings (SSSR count). The lowest BCUT2D eigenvalue weighted by Gasteiger charge is -2.38. The van der Waals surface area contributed by atoms with Gasteiger partial charge in [-0.2, -0.15) is 0 Å². The Hall–Kier alpha value is -1.59. The van der Waals surface area contributed by atoms with Crippen LogP contribution in [0.5, 0.6) is 0 Å². The van der Waals surface area contributed by atoms with Crippen LogP contribution < -0.4 is 10.6 Å². The van der Waals surface area contributed by atoms with Crippen LogP contribution in [0.3, 0.4) is 0 Å². The molecule has 0 aliphatic carbocycles. The zero-order chi connectivity index (χ0) is 19.8. The maximum absolute atomic E-state index is 4.48. The Kier molecular flexibility index (Phi) is 8.16. The van der Waals surface area contributed by atoms with Gasteiger partial charge in [-0.25, -0.2) is 0 Å². The predicted molar refractivity (Wildman–Crippen MR) is 119 cm³/mol. The van der Waals surface area contributed by atoms with E-state index in [1.54, 1.807) is 0 Å². The highest BCUT2D eigenvalue weighted by molar-refractivity contribution is 5.79. The molecule has 2 fully saturated rings. The van der Waals surface area contributed by atoms with Crippen molar-refractivity contribution in [2.24, 2.45) is 10.9 Å². The molecule has 0 aromatic heterocycles. The second kappa shape index (κ2) is 10.8. The zero-order valence-corrected chi connectivity index (χ0v) is 18.0. The van der Waals surface area contributed by atoms with Gasteiger partial charge in [0.1, 0.15) is 0 Å². The van der Waals surface area contributed by atoms with E-state index in [9.17, 15) is 0 Å². The number of piperidine rings is 2. The molecule has 3 unspecified atom stereocenters. The first-order valence-corrected chi connectivity index (χ1v) is 11.2. The van der Waals surface area contributed by atoms with Gasteiger partial charge in [-0.15, -0.1) is 0 Å². The SMILES string of the molecule is CCN1CCCC(CNC(=NC)NC2CCN(Cc3ccccc3)C(C)C2)C1. The van der Waals surface area contributed by atoms with Crippen LogP contribution in [0.4, 0.5) is 0 Å². The fourth-order valence-corrected chi connectivity index (χ4v) is 4.64. The van der Waals surface area contributed by atoms with Crippen LogP contribution in [0.2, 0.25) is 0 Å². The third kappa shape index (κ3) is 6.21. The van der Waals surface area contributed by atoms with E-state index in [1.165, 1.54) is 50.9 Å².